The Morgan fingerprint density at radius 3 is 2.48 bits per heavy atom. The third-order valence-electron chi connectivity index (χ3n) is 5.11. The maximum Gasteiger partial charge on any atom is 0.308 e. The van der Waals surface area contributed by atoms with Crippen LogP contribution in [0, 0.1) is 19.8 Å². The minimum atomic E-state index is -0.880. The standard InChI is InChI=1S/C20H24N4O3/c1-12-7-5-6-8-14(12)16-10-24(11-17(16)19(26)27)18(25)15-9-21-20(23(3)4)22-13(15)2/h5-9,16-17H,10-11H2,1-4H3,(H,26,27)/t16-,17+/m1/s1. The molecule has 7 nitrogen and oxygen atoms in total. The van der Waals surface area contributed by atoms with Crippen LogP contribution in [0.4, 0.5) is 5.95 Å². The maximum absolute atomic E-state index is 13.0. The summed E-state index contributed by atoms with van der Waals surface area (Å²) in [6.45, 7) is 4.29. The van der Waals surface area contributed by atoms with Crippen LogP contribution in [-0.2, 0) is 4.79 Å². The van der Waals surface area contributed by atoms with E-state index in [1.54, 1.807) is 16.7 Å². The van der Waals surface area contributed by atoms with Crippen LogP contribution in [0.5, 0.6) is 0 Å². The molecule has 1 aromatic carbocycles. The monoisotopic (exact) mass is 368 g/mol. The largest absolute Gasteiger partial charge is 0.481 e. The van der Waals surface area contributed by atoms with Crippen molar-refractivity contribution in [1.29, 1.82) is 0 Å². The first-order valence-electron chi connectivity index (χ1n) is 8.88. The molecule has 142 valence electrons. The number of aliphatic carboxylic acids is 1. The molecule has 0 radical (unpaired) electrons. The summed E-state index contributed by atoms with van der Waals surface area (Å²) in [5.74, 6) is -1.42. The minimum absolute atomic E-state index is 0.183. The van der Waals surface area contributed by atoms with Gasteiger partial charge in [0.2, 0.25) is 5.95 Å². The summed E-state index contributed by atoms with van der Waals surface area (Å²) >= 11 is 0. The van der Waals surface area contributed by atoms with E-state index in [1.165, 1.54) is 6.20 Å². The Kier molecular flexibility index (Phi) is 5.12. The van der Waals surface area contributed by atoms with Gasteiger partial charge in [-0.25, -0.2) is 9.97 Å². The lowest BCUT2D eigenvalue weighted by atomic mass is 9.86. The number of hydrogen-bond acceptors (Lipinski definition) is 5. The third kappa shape index (κ3) is 3.63. The van der Waals surface area contributed by atoms with Gasteiger partial charge in [-0.2, -0.15) is 0 Å². The second-order valence-electron chi connectivity index (χ2n) is 7.18. The van der Waals surface area contributed by atoms with E-state index in [2.05, 4.69) is 9.97 Å². The van der Waals surface area contributed by atoms with Crippen molar-refractivity contribution in [2.75, 3.05) is 32.1 Å². The zero-order valence-electron chi connectivity index (χ0n) is 16.0. The Morgan fingerprint density at radius 2 is 1.89 bits per heavy atom. The van der Waals surface area contributed by atoms with Crippen LogP contribution >= 0.6 is 0 Å². The summed E-state index contributed by atoms with van der Waals surface area (Å²) in [6.07, 6.45) is 1.52. The lowest BCUT2D eigenvalue weighted by Crippen LogP contribution is -2.31. The number of amides is 1. The smallest absolute Gasteiger partial charge is 0.308 e. The Hall–Kier alpha value is -2.96. The van der Waals surface area contributed by atoms with Crippen molar-refractivity contribution in [3.63, 3.8) is 0 Å². The molecule has 1 aliphatic rings. The quantitative estimate of drug-likeness (QED) is 0.889. The number of aryl methyl sites for hydroxylation is 2. The fourth-order valence-electron chi connectivity index (χ4n) is 3.59. The summed E-state index contributed by atoms with van der Waals surface area (Å²) in [6, 6.07) is 7.75. The highest BCUT2D eigenvalue weighted by Gasteiger charge is 2.41. The van der Waals surface area contributed by atoms with Gasteiger partial charge in [0, 0.05) is 39.3 Å². The SMILES string of the molecule is Cc1ccccc1[C@H]1CN(C(=O)c2cnc(N(C)C)nc2C)C[C@@H]1C(=O)O. The highest BCUT2D eigenvalue weighted by molar-refractivity contribution is 5.95. The molecule has 2 aromatic rings. The number of carboxylic acid groups (broad SMARTS) is 1. The molecule has 0 bridgehead atoms. The number of aromatic nitrogens is 2. The van der Waals surface area contributed by atoms with Crippen molar-refractivity contribution in [2.24, 2.45) is 5.92 Å². The van der Waals surface area contributed by atoms with Gasteiger partial charge in [-0.3, -0.25) is 9.59 Å². The summed E-state index contributed by atoms with van der Waals surface area (Å²) < 4.78 is 0. The number of benzene rings is 1. The molecule has 1 aliphatic heterocycles. The van der Waals surface area contributed by atoms with Crippen LogP contribution in [0.2, 0.25) is 0 Å². The first kappa shape index (κ1) is 18.8. The van der Waals surface area contributed by atoms with Crippen molar-refractivity contribution in [2.45, 2.75) is 19.8 Å². The molecular formula is C20H24N4O3. The van der Waals surface area contributed by atoms with Gasteiger partial charge in [0.05, 0.1) is 17.2 Å². The molecule has 7 heteroatoms. The Labute approximate surface area is 158 Å². The van der Waals surface area contributed by atoms with E-state index in [9.17, 15) is 14.7 Å². The maximum atomic E-state index is 13.0. The van der Waals surface area contributed by atoms with Crippen molar-refractivity contribution >= 4 is 17.8 Å². The summed E-state index contributed by atoms with van der Waals surface area (Å²) in [7, 11) is 3.67. The molecule has 1 aromatic heterocycles. The summed E-state index contributed by atoms with van der Waals surface area (Å²) in [5, 5.41) is 9.69. The van der Waals surface area contributed by atoms with E-state index in [-0.39, 0.29) is 18.4 Å². The van der Waals surface area contributed by atoms with Gasteiger partial charge in [0.25, 0.3) is 5.91 Å². The van der Waals surface area contributed by atoms with Crippen LogP contribution in [0.1, 0.15) is 33.1 Å². The number of hydrogen-bond donors (Lipinski definition) is 1. The predicted molar refractivity (Wildman–Crippen MR) is 102 cm³/mol. The molecule has 0 saturated carbocycles. The van der Waals surface area contributed by atoms with Gasteiger partial charge in [-0.05, 0) is 25.0 Å². The topological polar surface area (TPSA) is 86.6 Å². The predicted octanol–water partition coefficient (Wildman–Crippen LogP) is 2.10. The first-order valence-corrected chi connectivity index (χ1v) is 8.88. The molecule has 2 heterocycles. The van der Waals surface area contributed by atoms with E-state index in [4.69, 9.17) is 0 Å². The molecular weight excluding hydrogens is 344 g/mol. The third-order valence-corrected chi connectivity index (χ3v) is 5.11. The molecule has 1 fully saturated rings. The highest BCUT2D eigenvalue weighted by Crippen LogP contribution is 2.35. The number of anilines is 1. The van der Waals surface area contributed by atoms with Crippen LogP contribution in [0.25, 0.3) is 0 Å². The number of carbonyl (C=O) groups excluding carboxylic acids is 1. The van der Waals surface area contributed by atoms with E-state index in [0.717, 1.165) is 11.1 Å². The summed E-state index contributed by atoms with van der Waals surface area (Å²) in [5.41, 5.74) is 3.02. The zero-order valence-corrected chi connectivity index (χ0v) is 16.0. The number of rotatable bonds is 4. The second kappa shape index (κ2) is 7.34. The second-order valence-corrected chi connectivity index (χ2v) is 7.18. The van der Waals surface area contributed by atoms with Gasteiger partial charge in [-0.15, -0.1) is 0 Å². The molecule has 2 atom stereocenters. The van der Waals surface area contributed by atoms with Gasteiger partial charge in [0.1, 0.15) is 0 Å². The lowest BCUT2D eigenvalue weighted by molar-refractivity contribution is -0.141. The Bertz CT molecular complexity index is 881. The molecule has 0 aliphatic carbocycles. The highest BCUT2D eigenvalue weighted by atomic mass is 16.4. The van der Waals surface area contributed by atoms with Crippen LogP contribution in [-0.4, -0.2) is 59.0 Å². The fourth-order valence-corrected chi connectivity index (χ4v) is 3.59. The van der Waals surface area contributed by atoms with Crippen molar-refractivity contribution < 1.29 is 14.7 Å². The minimum Gasteiger partial charge on any atom is -0.481 e. The molecule has 0 unspecified atom stereocenters. The summed E-state index contributed by atoms with van der Waals surface area (Å²) in [4.78, 5) is 36.8. The van der Waals surface area contributed by atoms with E-state index in [0.29, 0.717) is 23.8 Å². The first-order chi connectivity index (χ1) is 12.8. The van der Waals surface area contributed by atoms with Gasteiger partial charge < -0.3 is 14.9 Å². The molecule has 3 rings (SSSR count). The van der Waals surface area contributed by atoms with Crippen molar-refractivity contribution in [1.82, 2.24) is 14.9 Å². The molecule has 1 amide bonds. The van der Waals surface area contributed by atoms with Gasteiger partial charge in [0.15, 0.2) is 0 Å². The fraction of sp³-hybridized carbons (Fsp3) is 0.400. The van der Waals surface area contributed by atoms with Crippen LogP contribution < -0.4 is 4.90 Å². The van der Waals surface area contributed by atoms with Crippen LogP contribution in [0.15, 0.2) is 30.5 Å². The number of carboxylic acids is 1. The normalized spacial score (nSPS) is 19.2. The van der Waals surface area contributed by atoms with Gasteiger partial charge >= 0.3 is 5.97 Å². The number of nitrogens with zero attached hydrogens (tertiary/aromatic N) is 4. The van der Waals surface area contributed by atoms with E-state index >= 15 is 0 Å². The lowest BCUT2D eigenvalue weighted by Gasteiger charge is -2.19. The van der Waals surface area contributed by atoms with Crippen LogP contribution in [0.3, 0.4) is 0 Å². The van der Waals surface area contributed by atoms with E-state index in [1.807, 2.05) is 45.3 Å². The van der Waals surface area contributed by atoms with Gasteiger partial charge in [-0.1, -0.05) is 24.3 Å². The molecule has 1 N–H and O–H groups in total. The number of likely N-dealkylation sites (tertiary alicyclic amines) is 1. The molecule has 27 heavy (non-hydrogen) atoms. The Balaban J connectivity index is 1.89. The average molecular weight is 368 g/mol. The molecule has 1 saturated heterocycles. The average Bonchev–Trinajstić information content (AvgIpc) is 3.07. The van der Waals surface area contributed by atoms with E-state index < -0.39 is 11.9 Å². The zero-order chi connectivity index (χ0) is 19.7. The Morgan fingerprint density at radius 1 is 1.19 bits per heavy atom. The molecule has 0 spiro atoms. The number of carbonyl (C=O) groups is 2. The van der Waals surface area contributed by atoms with Crippen molar-refractivity contribution in [3.05, 3.63) is 52.8 Å². The van der Waals surface area contributed by atoms with Crippen molar-refractivity contribution in [3.8, 4) is 0 Å².